The molecule has 4 atom stereocenters. The van der Waals surface area contributed by atoms with Crippen molar-refractivity contribution in [1.82, 2.24) is 24.6 Å². The molecule has 2 aromatic heterocycles. The number of amides is 2. The molecule has 3 aromatic rings. The van der Waals surface area contributed by atoms with E-state index in [0.717, 1.165) is 22.2 Å². The molecule has 1 saturated heterocycles. The molecule has 0 N–H and O–H groups in total. The van der Waals surface area contributed by atoms with Gasteiger partial charge in [0.25, 0.3) is 5.91 Å². The van der Waals surface area contributed by atoms with Gasteiger partial charge in [-0.2, -0.15) is 4.68 Å². The van der Waals surface area contributed by atoms with E-state index in [-0.39, 0.29) is 40.9 Å². The Hall–Kier alpha value is -3.48. The molecule has 1 aliphatic rings. The number of hydrogen-bond acceptors (Lipinski definition) is 8. The van der Waals surface area contributed by atoms with E-state index >= 15 is 0 Å². The topological polar surface area (TPSA) is 120 Å². The molecule has 0 saturated carbocycles. The first-order valence-corrected chi connectivity index (χ1v) is 20.6. The Balaban J connectivity index is 1.62. The Bertz CT molecular complexity index is 1690. The summed E-state index contributed by atoms with van der Waals surface area (Å²) >= 11 is 6.19. The first-order valence-electron chi connectivity index (χ1n) is 17.3. The van der Waals surface area contributed by atoms with Gasteiger partial charge in [0.05, 0.1) is 12.1 Å². The van der Waals surface area contributed by atoms with E-state index in [4.69, 9.17) is 25.2 Å². The average Bonchev–Trinajstić information content (AvgIpc) is 3.56. The first kappa shape index (κ1) is 39.3. The minimum Gasteiger partial charge on any atom is -0.444 e. The molecule has 0 bridgehead atoms. The summed E-state index contributed by atoms with van der Waals surface area (Å²) in [5, 5.41) is 4.53. The van der Waals surface area contributed by atoms with Gasteiger partial charge >= 0.3 is 11.8 Å². The molecule has 3 heterocycles. The fourth-order valence-electron chi connectivity index (χ4n) is 6.19. The van der Waals surface area contributed by atoms with Crippen molar-refractivity contribution in [3.05, 3.63) is 80.9 Å². The Morgan fingerprint density at radius 2 is 1.70 bits per heavy atom. The van der Waals surface area contributed by atoms with E-state index in [9.17, 15) is 14.4 Å². The minimum atomic E-state index is -2.31. The number of nitrogens with zero attached hydrogens (tertiary/aromatic N) is 5. The van der Waals surface area contributed by atoms with Crippen molar-refractivity contribution >= 4 is 31.9 Å². The van der Waals surface area contributed by atoms with E-state index < -0.39 is 31.8 Å². The molecule has 13 heteroatoms. The van der Waals surface area contributed by atoms with Crippen LogP contribution >= 0.6 is 11.6 Å². The van der Waals surface area contributed by atoms with Crippen LogP contribution in [0.25, 0.3) is 0 Å². The van der Waals surface area contributed by atoms with Gasteiger partial charge in [0.1, 0.15) is 16.8 Å². The molecule has 1 aromatic carbocycles. The normalized spacial score (nSPS) is 18.3. The highest BCUT2D eigenvalue weighted by atomic mass is 35.5. The third-order valence-corrected chi connectivity index (χ3v) is 14.5. The molecule has 0 spiro atoms. The summed E-state index contributed by atoms with van der Waals surface area (Å²) in [5.74, 6) is -0.651. The van der Waals surface area contributed by atoms with Crippen LogP contribution in [0.3, 0.4) is 0 Å². The molecule has 11 nitrogen and oxygen atoms in total. The number of aryl methyl sites for hydroxylation is 1. The van der Waals surface area contributed by atoms with Crippen molar-refractivity contribution in [2.45, 2.75) is 123 Å². The van der Waals surface area contributed by atoms with Crippen LogP contribution in [0.4, 0.5) is 4.79 Å². The van der Waals surface area contributed by atoms with Crippen LogP contribution in [0.15, 0.2) is 51.8 Å². The van der Waals surface area contributed by atoms with Gasteiger partial charge in [-0.25, -0.2) is 14.6 Å². The van der Waals surface area contributed by atoms with Crippen molar-refractivity contribution in [1.29, 1.82) is 0 Å². The third-order valence-electron chi connectivity index (χ3n) is 9.81. The summed E-state index contributed by atoms with van der Waals surface area (Å²) < 4.78 is 19.6. The van der Waals surface area contributed by atoms with Crippen LogP contribution in [0, 0.1) is 5.92 Å². The maximum absolute atomic E-state index is 14.0. The zero-order valence-electron chi connectivity index (χ0n) is 31.6. The van der Waals surface area contributed by atoms with Gasteiger partial charge < -0.3 is 18.5 Å². The summed E-state index contributed by atoms with van der Waals surface area (Å²) in [6, 6.07) is 10.2. The molecular weight excluding hydrogens is 674 g/mol. The Morgan fingerprint density at radius 3 is 2.20 bits per heavy atom. The molecule has 1 fully saturated rings. The number of benzene rings is 1. The number of halogens is 1. The Labute approximate surface area is 302 Å². The van der Waals surface area contributed by atoms with E-state index in [1.54, 1.807) is 36.3 Å². The molecule has 1 aliphatic heterocycles. The number of pyridine rings is 1. The van der Waals surface area contributed by atoms with Crippen LogP contribution in [-0.2, 0) is 22.6 Å². The molecule has 50 heavy (non-hydrogen) atoms. The molecule has 4 rings (SSSR count). The largest absolute Gasteiger partial charge is 0.444 e. The van der Waals surface area contributed by atoms with E-state index in [0.29, 0.717) is 23.6 Å². The monoisotopic (exact) mass is 727 g/mol. The zero-order valence-corrected chi connectivity index (χ0v) is 33.4. The number of carbonyl (C=O) groups is 2. The van der Waals surface area contributed by atoms with Gasteiger partial charge in [-0.1, -0.05) is 64.4 Å². The number of hydrogen-bond donors (Lipinski definition) is 0. The molecule has 1 unspecified atom stereocenters. The van der Waals surface area contributed by atoms with Crippen molar-refractivity contribution in [2.75, 3.05) is 7.05 Å². The lowest BCUT2D eigenvalue weighted by molar-refractivity contribution is -0.00244. The molecular formula is C37H54ClN5O6Si. The average molecular weight is 728 g/mol. The molecule has 0 aliphatic carbocycles. The van der Waals surface area contributed by atoms with Crippen LogP contribution in [-0.4, -0.2) is 69.6 Å². The summed E-state index contributed by atoms with van der Waals surface area (Å²) in [4.78, 5) is 47.4. The number of likely N-dealkylation sites (tertiary alicyclic amines) is 1. The van der Waals surface area contributed by atoms with Crippen molar-refractivity contribution in [2.24, 2.45) is 13.0 Å². The SMILES string of the molecule is CC(C)C(c1nn(C)c(=O)o1)N(C)C(=O)c1ccc(C[C@@H]2CC[C@H]([C@H](O[Si](C)(C)C(C)(C)C)c3ccc(Cl)nc3)N2C(=O)OC(C)(C)C)cc1. The highest BCUT2D eigenvalue weighted by Gasteiger charge is 2.48. The van der Waals surface area contributed by atoms with E-state index in [1.807, 2.05) is 57.7 Å². The molecule has 0 radical (unpaired) electrons. The van der Waals surface area contributed by atoms with Gasteiger partial charge in [-0.05, 0) is 87.8 Å². The van der Waals surface area contributed by atoms with E-state index in [2.05, 4.69) is 43.9 Å². The highest BCUT2D eigenvalue weighted by molar-refractivity contribution is 6.74. The fraction of sp³-hybridized carbons (Fsp3) is 0.595. The standard InChI is InChI=1S/C37H54ClN5O6Si/c1-23(2)30(32-40-42(10)34(45)47-32)41(9)33(44)25-15-13-24(14-16-25)21-27-18-19-28(43(27)35(46)48-36(3,4)5)31(26-17-20-29(38)39-22-26)49-50(11,12)37(6,7)8/h13-17,20,22-23,27-28,30-31H,18-19,21H2,1-12H3/t27-,28+,30?,31+/m0/s1. The minimum absolute atomic E-state index is 0.0523. The molecule has 2 amide bonds. The zero-order chi connectivity index (χ0) is 37.3. The Morgan fingerprint density at radius 1 is 1.06 bits per heavy atom. The number of carbonyl (C=O) groups excluding carboxylic acids is 2. The smallest absolute Gasteiger partial charge is 0.436 e. The lowest BCUT2D eigenvalue weighted by Gasteiger charge is -2.43. The quantitative estimate of drug-likeness (QED) is 0.152. The second-order valence-corrected chi connectivity index (χ2v) is 21.4. The van der Waals surface area contributed by atoms with Gasteiger partial charge in [-0.3, -0.25) is 9.69 Å². The van der Waals surface area contributed by atoms with Crippen LogP contribution in [0.5, 0.6) is 0 Å². The first-order chi connectivity index (χ1) is 23.1. The molecule has 274 valence electrons. The lowest BCUT2D eigenvalue weighted by atomic mass is 10.00. The predicted molar refractivity (Wildman–Crippen MR) is 197 cm³/mol. The maximum atomic E-state index is 14.0. The summed E-state index contributed by atoms with van der Waals surface area (Å²) in [6.45, 7) is 20.5. The van der Waals surface area contributed by atoms with Crippen molar-refractivity contribution in [3.8, 4) is 0 Å². The van der Waals surface area contributed by atoms with Crippen molar-refractivity contribution in [3.63, 3.8) is 0 Å². The van der Waals surface area contributed by atoms with E-state index in [1.165, 1.54) is 7.05 Å². The second-order valence-electron chi connectivity index (χ2n) is 16.2. The van der Waals surface area contributed by atoms with Gasteiger partial charge in [0.2, 0.25) is 5.89 Å². The number of aromatic nitrogens is 3. The maximum Gasteiger partial charge on any atom is 0.436 e. The van der Waals surface area contributed by atoms with Crippen LogP contribution < -0.4 is 5.76 Å². The number of rotatable bonds is 10. The summed E-state index contributed by atoms with van der Waals surface area (Å²) in [7, 11) is 0.894. The second kappa shape index (κ2) is 15.0. The van der Waals surface area contributed by atoms with Crippen LogP contribution in [0.1, 0.15) is 108 Å². The summed E-state index contributed by atoms with van der Waals surface area (Å²) in [5.41, 5.74) is 1.66. The highest BCUT2D eigenvalue weighted by Crippen LogP contribution is 2.44. The van der Waals surface area contributed by atoms with Gasteiger partial charge in [0.15, 0.2) is 8.32 Å². The number of ether oxygens (including phenoxy) is 1. The Kier molecular flexibility index (Phi) is 11.8. The summed E-state index contributed by atoms with van der Waals surface area (Å²) in [6.07, 6.45) is 2.97. The van der Waals surface area contributed by atoms with Gasteiger partial charge in [-0.15, -0.1) is 5.10 Å². The fourth-order valence-corrected chi connectivity index (χ4v) is 7.59. The van der Waals surface area contributed by atoms with Gasteiger partial charge in [0, 0.05) is 37.5 Å². The van der Waals surface area contributed by atoms with Crippen LogP contribution in [0.2, 0.25) is 23.3 Å². The predicted octanol–water partition coefficient (Wildman–Crippen LogP) is 7.96. The lowest BCUT2D eigenvalue weighted by Crippen LogP contribution is -2.50. The third kappa shape index (κ3) is 9.05. The van der Waals surface area contributed by atoms with Crippen molar-refractivity contribution < 1.29 is 23.2 Å².